The summed E-state index contributed by atoms with van der Waals surface area (Å²) in [6, 6.07) is 5.05. The molecule has 1 aromatic carbocycles. The van der Waals surface area contributed by atoms with Gasteiger partial charge in [-0.1, -0.05) is 33.3 Å². The summed E-state index contributed by atoms with van der Waals surface area (Å²) in [4.78, 5) is 26.8. The van der Waals surface area contributed by atoms with Crippen molar-refractivity contribution in [2.24, 2.45) is 11.3 Å². The van der Waals surface area contributed by atoms with Crippen LogP contribution in [0, 0.1) is 11.3 Å². The minimum absolute atomic E-state index is 0.00700. The number of nitrogens with one attached hydrogen (secondary N) is 1. The lowest BCUT2D eigenvalue weighted by atomic mass is 9.69. The number of rotatable bonds is 3. The number of hydrogen-bond donors (Lipinski definition) is 2. The van der Waals surface area contributed by atoms with Gasteiger partial charge in [0.2, 0.25) is 5.91 Å². The van der Waals surface area contributed by atoms with Gasteiger partial charge in [-0.15, -0.1) is 0 Å². The van der Waals surface area contributed by atoms with Gasteiger partial charge in [0, 0.05) is 23.1 Å². The molecule has 25 heavy (non-hydrogen) atoms. The SMILES string of the molecule is CC(C)[C@H]1COc2cc(C(=O)NO)ccc2CN1C(=O)C1(C)CCC1. The van der Waals surface area contributed by atoms with E-state index in [-0.39, 0.29) is 23.3 Å². The molecule has 1 fully saturated rings. The fourth-order valence-corrected chi connectivity index (χ4v) is 3.63. The molecule has 1 atom stereocenters. The topological polar surface area (TPSA) is 78.9 Å². The van der Waals surface area contributed by atoms with Crippen molar-refractivity contribution in [1.82, 2.24) is 10.4 Å². The molecule has 1 heterocycles. The van der Waals surface area contributed by atoms with E-state index in [2.05, 4.69) is 20.8 Å². The van der Waals surface area contributed by atoms with Gasteiger partial charge in [-0.25, -0.2) is 5.48 Å². The Labute approximate surface area is 148 Å². The van der Waals surface area contributed by atoms with Crippen LogP contribution in [0.5, 0.6) is 5.75 Å². The minimum atomic E-state index is -0.578. The summed E-state index contributed by atoms with van der Waals surface area (Å²) < 4.78 is 5.95. The predicted octanol–water partition coefficient (Wildman–Crippen LogP) is 2.74. The van der Waals surface area contributed by atoms with E-state index in [1.54, 1.807) is 23.7 Å². The van der Waals surface area contributed by atoms with Gasteiger partial charge in [0.1, 0.15) is 12.4 Å². The van der Waals surface area contributed by atoms with Crippen LogP contribution >= 0.6 is 0 Å². The second kappa shape index (κ2) is 6.67. The molecule has 6 heteroatoms. The Morgan fingerprint density at radius 2 is 2.08 bits per heavy atom. The fourth-order valence-electron chi connectivity index (χ4n) is 3.63. The van der Waals surface area contributed by atoms with Gasteiger partial charge in [0.15, 0.2) is 0 Å². The van der Waals surface area contributed by atoms with E-state index in [9.17, 15) is 9.59 Å². The maximum Gasteiger partial charge on any atom is 0.274 e. The number of carbonyl (C=O) groups is 2. The standard InChI is InChI=1S/C19H26N2O4/c1-12(2)15-11-25-16-9-13(17(22)20-24)5-6-14(16)10-21(15)18(23)19(3)7-4-8-19/h5-6,9,12,15,24H,4,7-8,10-11H2,1-3H3,(H,20,22)/t15-/m1/s1. The first-order chi connectivity index (χ1) is 11.9. The smallest absolute Gasteiger partial charge is 0.274 e. The molecule has 1 saturated carbocycles. The molecule has 0 bridgehead atoms. The van der Waals surface area contributed by atoms with E-state index in [0.717, 1.165) is 24.8 Å². The van der Waals surface area contributed by atoms with Crippen molar-refractivity contribution in [2.45, 2.75) is 52.6 Å². The zero-order valence-corrected chi connectivity index (χ0v) is 15.0. The Morgan fingerprint density at radius 1 is 1.36 bits per heavy atom. The highest BCUT2D eigenvalue weighted by molar-refractivity contribution is 5.94. The summed E-state index contributed by atoms with van der Waals surface area (Å²) >= 11 is 0. The van der Waals surface area contributed by atoms with E-state index >= 15 is 0 Å². The first-order valence-electron chi connectivity index (χ1n) is 8.87. The van der Waals surface area contributed by atoms with Crippen molar-refractivity contribution in [3.8, 4) is 5.75 Å². The Balaban J connectivity index is 1.92. The summed E-state index contributed by atoms with van der Waals surface area (Å²) in [7, 11) is 0. The molecule has 2 N–H and O–H groups in total. The molecule has 2 amide bonds. The summed E-state index contributed by atoms with van der Waals surface area (Å²) in [6.07, 6.45) is 2.99. The fraction of sp³-hybridized carbons (Fsp3) is 0.579. The predicted molar refractivity (Wildman–Crippen MR) is 92.3 cm³/mol. The Bertz CT molecular complexity index is 682. The lowest BCUT2D eigenvalue weighted by Gasteiger charge is -2.43. The number of hydrogen-bond acceptors (Lipinski definition) is 4. The Kier molecular flexibility index (Phi) is 4.73. The van der Waals surface area contributed by atoms with Crippen molar-refractivity contribution in [2.75, 3.05) is 6.61 Å². The molecule has 2 aliphatic rings. The molecule has 1 aliphatic carbocycles. The van der Waals surface area contributed by atoms with Crippen LogP contribution in [0.1, 0.15) is 56.0 Å². The third-order valence-electron chi connectivity index (χ3n) is 5.59. The van der Waals surface area contributed by atoms with Gasteiger partial charge in [0.25, 0.3) is 5.91 Å². The largest absolute Gasteiger partial charge is 0.491 e. The number of nitrogens with zero attached hydrogens (tertiary/aromatic N) is 1. The Hall–Kier alpha value is -2.08. The second-order valence-electron chi connectivity index (χ2n) is 7.73. The van der Waals surface area contributed by atoms with Crippen molar-refractivity contribution in [3.63, 3.8) is 0 Å². The molecule has 0 aromatic heterocycles. The van der Waals surface area contributed by atoms with Crippen molar-refractivity contribution < 1.29 is 19.5 Å². The van der Waals surface area contributed by atoms with E-state index < -0.39 is 5.91 Å². The normalized spacial score (nSPS) is 21.6. The first kappa shape index (κ1) is 17.7. The summed E-state index contributed by atoms with van der Waals surface area (Å²) in [5, 5.41) is 8.81. The molecule has 3 rings (SSSR count). The lowest BCUT2D eigenvalue weighted by molar-refractivity contribution is -0.150. The number of carbonyl (C=O) groups excluding carboxylic acids is 2. The summed E-state index contributed by atoms with van der Waals surface area (Å²) in [5.74, 6) is 0.486. The highest BCUT2D eigenvalue weighted by Gasteiger charge is 2.44. The summed E-state index contributed by atoms with van der Waals surface area (Å²) in [6.45, 7) is 7.12. The highest BCUT2D eigenvalue weighted by atomic mass is 16.5. The van der Waals surface area contributed by atoms with Crippen LogP contribution in [0.4, 0.5) is 0 Å². The van der Waals surface area contributed by atoms with Crippen LogP contribution in [-0.4, -0.2) is 34.6 Å². The number of fused-ring (bicyclic) bond motifs is 1. The molecule has 6 nitrogen and oxygen atoms in total. The van der Waals surface area contributed by atoms with Crippen LogP contribution in [-0.2, 0) is 11.3 Å². The number of benzene rings is 1. The van der Waals surface area contributed by atoms with Gasteiger partial charge in [-0.2, -0.15) is 0 Å². The molecule has 0 saturated heterocycles. The van der Waals surface area contributed by atoms with E-state index in [0.29, 0.717) is 24.5 Å². The number of hydroxylamine groups is 1. The molecular weight excluding hydrogens is 320 g/mol. The van der Waals surface area contributed by atoms with Crippen LogP contribution in [0.2, 0.25) is 0 Å². The maximum absolute atomic E-state index is 13.2. The molecule has 0 radical (unpaired) electrons. The zero-order chi connectivity index (χ0) is 18.2. The molecule has 0 spiro atoms. The third-order valence-corrected chi connectivity index (χ3v) is 5.59. The molecule has 1 aliphatic heterocycles. The van der Waals surface area contributed by atoms with Crippen LogP contribution in [0.3, 0.4) is 0 Å². The van der Waals surface area contributed by atoms with E-state index in [1.807, 2.05) is 4.90 Å². The highest BCUT2D eigenvalue weighted by Crippen LogP contribution is 2.43. The second-order valence-corrected chi connectivity index (χ2v) is 7.73. The maximum atomic E-state index is 13.2. The van der Waals surface area contributed by atoms with Gasteiger partial charge >= 0.3 is 0 Å². The Morgan fingerprint density at radius 3 is 2.64 bits per heavy atom. The average Bonchev–Trinajstić information content (AvgIpc) is 2.77. The first-order valence-corrected chi connectivity index (χ1v) is 8.87. The average molecular weight is 346 g/mol. The van der Waals surface area contributed by atoms with Crippen molar-refractivity contribution in [1.29, 1.82) is 0 Å². The van der Waals surface area contributed by atoms with Gasteiger partial charge in [-0.05, 0) is 30.9 Å². The van der Waals surface area contributed by atoms with E-state index in [4.69, 9.17) is 9.94 Å². The van der Waals surface area contributed by atoms with E-state index in [1.165, 1.54) is 0 Å². The molecule has 0 unspecified atom stereocenters. The van der Waals surface area contributed by atoms with Gasteiger partial charge in [0.05, 0.1) is 6.04 Å². The molecule has 136 valence electrons. The van der Waals surface area contributed by atoms with Crippen molar-refractivity contribution in [3.05, 3.63) is 29.3 Å². The number of amides is 2. The lowest BCUT2D eigenvalue weighted by Crippen LogP contribution is -2.52. The van der Waals surface area contributed by atoms with Crippen LogP contribution in [0.25, 0.3) is 0 Å². The van der Waals surface area contributed by atoms with Gasteiger partial charge < -0.3 is 9.64 Å². The molecule has 1 aromatic rings. The third kappa shape index (κ3) is 3.23. The molecular formula is C19H26N2O4. The van der Waals surface area contributed by atoms with Crippen molar-refractivity contribution >= 4 is 11.8 Å². The summed E-state index contributed by atoms with van der Waals surface area (Å²) in [5.41, 5.74) is 2.59. The zero-order valence-electron chi connectivity index (χ0n) is 15.0. The van der Waals surface area contributed by atoms with Gasteiger partial charge in [-0.3, -0.25) is 14.8 Å². The minimum Gasteiger partial charge on any atom is -0.491 e. The monoisotopic (exact) mass is 346 g/mol. The van der Waals surface area contributed by atoms with Crippen LogP contribution < -0.4 is 10.2 Å². The van der Waals surface area contributed by atoms with Crippen LogP contribution in [0.15, 0.2) is 18.2 Å². The quantitative estimate of drug-likeness (QED) is 0.651. The number of ether oxygens (including phenoxy) is 1.